The number of esters is 1. The average Bonchev–Trinajstić information content (AvgIpc) is 2.69. The number of likely N-dealkylation sites (tertiary alicyclic amines) is 1. The molecule has 1 fully saturated rings. The molecule has 2 rings (SSSR count). The number of rotatable bonds is 9. The highest BCUT2D eigenvalue weighted by Gasteiger charge is 2.29. The van der Waals surface area contributed by atoms with Gasteiger partial charge in [-0.25, -0.2) is 4.79 Å². The molecule has 150 valence electrons. The molecule has 6 heteroatoms. The molecule has 6 nitrogen and oxygen atoms in total. The fraction of sp³-hybridized carbons (Fsp3) is 0.571. The maximum Gasteiger partial charge on any atom is 0.328 e. The minimum atomic E-state index is -0.197. The molecular weight excluding hydrogens is 346 g/mol. The van der Waals surface area contributed by atoms with Crippen LogP contribution in [-0.4, -0.2) is 51.4 Å². The van der Waals surface area contributed by atoms with Crippen LogP contribution in [0.3, 0.4) is 0 Å². The van der Waals surface area contributed by atoms with Crippen molar-refractivity contribution in [2.24, 2.45) is 0 Å². The highest BCUT2D eigenvalue weighted by atomic mass is 16.5. The van der Waals surface area contributed by atoms with E-state index in [0.717, 1.165) is 49.9 Å². The largest absolute Gasteiger partial charge is 0.493 e. The Balaban J connectivity index is 1.89. The van der Waals surface area contributed by atoms with Gasteiger partial charge >= 0.3 is 5.97 Å². The van der Waals surface area contributed by atoms with Crippen molar-refractivity contribution in [3.63, 3.8) is 0 Å². The molecule has 0 bridgehead atoms. The number of piperidine rings is 1. The minimum absolute atomic E-state index is 0.150. The minimum Gasteiger partial charge on any atom is -0.493 e. The van der Waals surface area contributed by atoms with E-state index in [1.807, 2.05) is 19.1 Å². The normalized spacial score (nSPS) is 16.6. The predicted molar refractivity (Wildman–Crippen MR) is 105 cm³/mol. The fourth-order valence-electron chi connectivity index (χ4n) is 3.46. The molecule has 1 heterocycles. The summed E-state index contributed by atoms with van der Waals surface area (Å²) in [6.07, 6.45) is 4.45. The summed E-state index contributed by atoms with van der Waals surface area (Å²) in [5.41, 5.74) is 1.97. The van der Waals surface area contributed by atoms with Gasteiger partial charge in [0.25, 0.3) is 0 Å². The number of carbonyl (C=O) groups is 1. The fourth-order valence-corrected chi connectivity index (χ4v) is 3.46. The number of nitrogens with zero attached hydrogens (tertiary/aromatic N) is 1. The summed E-state index contributed by atoms with van der Waals surface area (Å²) in [5, 5.41) is 0. The standard InChI is InChI=1S/C21H31NO5/c1-15(2)22-11-7-6-10-17(22)21(23)27-12-8-9-16-13-18(24-3)20(26-5)19(14-16)25-4/h13-14,17H,1,6-12H2,2-5H3. The van der Waals surface area contributed by atoms with Crippen LogP contribution in [0.2, 0.25) is 0 Å². The first-order valence-corrected chi connectivity index (χ1v) is 9.39. The third-order valence-corrected chi connectivity index (χ3v) is 4.84. The lowest BCUT2D eigenvalue weighted by Crippen LogP contribution is -2.44. The van der Waals surface area contributed by atoms with Crippen molar-refractivity contribution in [3.8, 4) is 17.2 Å². The third kappa shape index (κ3) is 5.31. The first-order valence-electron chi connectivity index (χ1n) is 9.39. The lowest BCUT2D eigenvalue weighted by molar-refractivity contribution is -0.150. The van der Waals surface area contributed by atoms with E-state index in [4.69, 9.17) is 18.9 Å². The van der Waals surface area contributed by atoms with Gasteiger partial charge in [-0.15, -0.1) is 0 Å². The number of hydrogen-bond donors (Lipinski definition) is 0. The van der Waals surface area contributed by atoms with E-state index in [9.17, 15) is 4.79 Å². The maximum atomic E-state index is 12.4. The zero-order valence-corrected chi connectivity index (χ0v) is 16.9. The molecule has 0 spiro atoms. The van der Waals surface area contributed by atoms with Gasteiger partial charge in [0, 0.05) is 12.2 Å². The predicted octanol–water partition coefficient (Wildman–Crippen LogP) is 3.58. The highest BCUT2D eigenvalue weighted by Crippen LogP contribution is 2.38. The maximum absolute atomic E-state index is 12.4. The molecule has 1 aliphatic heterocycles. The highest BCUT2D eigenvalue weighted by molar-refractivity contribution is 5.76. The van der Waals surface area contributed by atoms with Crippen LogP contribution in [-0.2, 0) is 16.0 Å². The van der Waals surface area contributed by atoms with Gasteiger partial charge in [0.05, 0.1) is 27.9 Å². The first kappa shape index (κ1) is 20.9. The summed E-state index contributed by atoms with van der Waals surface area (Å²) >= 11 is 0. The van der Waals surface area contributed by atoms with Gasteiger partial charge < -0.3 is 23.8 Å². The van der Waals surface area contributed by atoms with Crippen LogP contribution in [0.1, 0.15) is 38.2 Å². The van der Waals surface area contributed by atoms with E-state index in [2.05, 4.69) is 11.5 Å². The van der Waals surface area contributed by atoms with Crippen molar-refractivity contribution < 1.29 is 23.7 Å². The molecule has 0 N–H and O–H groups in total. The second kappa shape index (κ2) is 10.1. The quantitative estimate of drug-likeness (QED) is 0.484. The van der Waals surface area contributed by atoms with Crippen LogP contribution in [0.15, 0.2) is 24.4 Å². The smallest absolute Gasteiger partial charge is 0.328 e. The van der Waals surface area contributed by atoms with Gasteiger partial charge in [-0.1, -0.05) is 6.58 Å². The van der Waals surface area contributed by atoms with Crippen molar-refractivity contribution in [3.05, 3.63) is 30.0 Å². The molecule has 1 atom stereocenters. The van der Waals surface area contributed by atoms with Gasteiger partial charge in [-0.2, -0.15) is 0 Å². The molecular formula is C21H31NO5. The number of benzene rings is 1. The second-order valence-corrected chi connectivity index (χ2v) is 6.74. The summed E-state index contributed by atoms with van der Waals surface area (Å²) in [7, 11) is 4.78. The van der Waals surface area contributed by atoms with Crippen LogP contribution >= 0.6 is 0 Å². The summed E-state index contributed by atoms with van der Waals surface area (Å²) in [4.78, 5) is 14.5. The number of allylic oxidation sites excluding steroid dienone is 1. The zero-order chi connectivity index (χ0) is 19.8. The molecule has 0 aliphatic carbocycles. The Bertz CT molecular complexity index is 633. The van der Waals surface area contributed by atoms with E-state index in [1.165, 1.54) is 0 Å². The molecule has 1 aliphatic rings. The molecule has 0 radical (unpaired) electrons. The van der Waals surface area contributed by atoms with Crippen LogP contribution in [0.5, 0.6) is 17.2 Å². The Kier molecular flexibility index (Phi) is 7.82. The van der Waals surface area contributed by atoms with Crippen LogP contribution in [0.25, 0.3) is 0 Å². The monoisotopic (exact) mass is 377 g/mol. The summed E-state index contributed by atoms with van der Waals surface area (Å²) < 4.78 is 21.6. The van der Waals surface area contributed by atoms with Gasteiger partial charge in [0.1, 0.15) is 6.04 Å². The molecule has 0 amide bonds. The molecule has 27 heavy (non-hydrogen) atoms. The third-order valence-electron chi connectivity index (χ3n) is 4.84. The van der Waals surface area contributed by atoms with Gasteiger partial charge in [0.2, 0.25) is 5.75 Å². The number of hydrogen-bond acceptors (Lipinski definition) is 6. The molecule has 1 unspecified atom stereocenters. The van der Waals surface area contributed by atoms with Crippen molar-refractivity contribution in [2.75, 3.05) is 34.5 Å². The van der Waals surface area contributed by atoms with Gasteiger partial charge in [-0.3, -0.25) is 0 Å². The Morgan fingerprint density at radius 3 is 2.37 bits per heavy atom. The van der Waals surface area contributed by atoms with Crippen molar-refractivity contribution in [1.29, 1.82) is 0 Å². The Hall–Kier alpha value is -2.37. The van der Waals surface area contributed by atoms with Crippen molar-refractivity contribution in [1.82, 2.24) is 4.90 Å². The summed E-state index contributed by atoms with van der Waals surface area (Å²) in [5.74, 6) is 1.68. The van der Waals surface area contributed by atoms with E-state index < -0.39 is 0 Å². The van der Waals surface area contributed by atoms with E-state index in [0.29, 0.717) is 23.9 Å². The molecule has 0 aromatic heterocycles. The van der Waals surface area contributed by atoms with Crippen molar-refractivity contribution >= 4 is 5.97 Å². The average molecular weight is 377 g/mol. The van der Waals surface area contributed by atoms with E-state index >= 15 is 0 Å². The SMILES string of the molecule is C=C(C)N1CCCCC1C(=O)OCCCc1cc(OC)c(OC)c(OC)c1. The van der Waals surface area contributed by atoms with Crippen LogP contribution < -0.4 is 14.2 Å². The molecule has 1 saturated heterocycles. The van der Waals surface area contributed by atoms with Crippen LogP contribution in [0, 0.1) is 0 Å². The van der Waals surface area contributed by atoms with Crippen LogP contribution in [0.4, 0.5) is 0 Å². The Morgan fingerprint density at radius 2 is 1.81 bits per heavy atom. The summed E-state index contributed by atoms with van der Waals surface area (Å²) in [6, 6.07) is 3.65. The van der Waals surface area contributed by atoms with Gasteiger partial charge in [0.15, 0.2) is 11.5 Å². The number of ether oxygens (including phenoxy) is 4. The molecule has 1 aromatic rings. The Morgan fingerprint density at radius 1 is 1.15 bits per heavy atom. The summed E-state index contributed by atoms with van der Waals surface area (Å²) in [6.45, 7) is 7.18. The van der Waals surface area contributed by atoms with Gasteiger partial charge in [-0.05, 0) is 56.7 Å². The topological polar surface area (TPSA) is 57.2 Å². The van der Waals surface area contributed by atoms with E-state index in [1.54, 1.807) is 21.3 Å². The zero-order valence-electron chi connectivity index (χ0n) is 16.9. The lowest BCUT2D eigenvalue weighted by Gasteiger charge is -2.35. The molecule has 1 aromatic carbocycles. The Labute approximate surface area is 162 Å². The van der Waals surface area contributed by atoms with E-state index in [-0.39, 0.29) is 12.0 Å². The molecule has 0 saturated carbocycles. The number of aryl methyl sites for hydroxylation is 1. The number of carbonyl (C=O) groups excluding carboxylic acids is 1. The van der Waals surface area contributed by atoms with Crippen molar-refractivity contribution in [2.45, 2.75) is 45.1 Å². The lowest BCUT2D eigenvalue weighted by atomic mass is 10.0. The number of methoxy groups -OCH3 is 3. The second-order valence-electron chi connectivity index (χ2n) is 6.74. The first-order chi connectivity index (χ1) is 13.0.